The lowest BCUT2D eigenvalue weighted by Crippen LogP contribution is -2.15. The second kappa shape index (κ2) is 7.68. The van der Waals surface area contributed by atoms with Crippen LogP contribution in [0.15, 0.2) is 24.3 Å². The van der Waals surface area contributed by atoms with Crippen LogP contribution in [0.5, 0.6) is 5.75 Å². The maximum atomic E-state index is 5.82. The molecule has 1 rings (SSSR count). The van der Waals surface area contributed by atoms with Gasteiger partial charge in [0.15, 0.2) is 0 Å². The largest absolute Gasteiger partial charge is 0.496 e. The van der Waals surface area contributed by atoms with Crippen LogP contribution in [-0.4, -0.2) is 7.11 Å². The van der Waals surface area contributed by atoms with Gasteiger partial charge in [-0.25, -0.2) is 0 Å². The molecule has 118 valence electrons. The van der Waals surface area contributed by atoms with Crippen molar-refractivity contribution in [3.05, 3.63) is 41.0 Å². The third-order valence-electron chi connectivity index (χ3n) is 4.03. The van der Waals surface area contributed by atoms with Crippen molar-refractivity contribution in [3.8, 4) is 5.75 Å². The van der Waals surface area contributed by atoms with Crippen molar-refractivity contribution in [1.29, 1.82) is 0 Å². The van der Waals surface area contributed by atoms with Gasteiger partial charge in [0.1, 0.15) is 5.75 Å². The zero-order valence-corrected chi connectivity index (χ0v) is 14.9. The molecule has 0 heterocycles. The van der Waals surface area contributed by atoms with E-state index in [0.29, 0.717) is 5.92 Å². The monoisotopic (exact) mass is 288 g/mol. The number of ether oxygens (including phenoxy) is 1. The highest BCUT2D eigenvalue weighted by Gasteiger charge is 2.24. The number of methoxy groups -OCH3 is 1. The second-order valence-electron chi connectivity index (χ2n) is 6.91. The number of rotatable bonds is 6. The third kappa shape index (κ3) is 4.62. The Balaban J connectivity index is 3.32. The van der Waals surface area contributed by atoms with Gasteiger partial charge in [-0.1, -0.05) is 64.5 Å². The first-order valence-corrected chi connectivity index (χ1v) is 8.19. The molecule has 1 heteroatoms. The summed E-state index contributed by atoms with van der Waals surface area (Å²) in [4.78, 5) is 0. The van der Waals surface area contributed by atoms with E-state index in [-0.39, 0.29) is 5.41 Å². The SMILES string of the molecule is CC/C=C\CC(CC)c1cc(C)cc(C(C)(C)C)c1OC. The van der Waals surface area contributed by atoms with Crippen molar-refractivity contribution in [1.82, 2.24) is 0 Å². The van der Waals surface area contributed by atoms with Crippen LogP contribution >= 0.6 is 0 Å². The van der Waals surface area contributed by atoms with E-state index in [2.05, 4.69) is 65.8 Å². The predicted octanol–water partition coefficient (Wildman–Crippen LogP) is 6.15. The van der Waals surface area contributed by atoms with E-state index in [1.165, 1.54) is 16.7 Å². The van der Waals surface area contributed by atoms with E-state index >= 15 is 0 Å². The first-order chi connectivity index (χ1) is 9.85. The van der Waals surface area contributed by atoms with Crippen molar-refractivity contribution in [2.24, 2.45) is 0 Å². The van der Waals surface area contributed by atoms with Crippen molar-refractivity contribution < 1.29 is 4.74 Å². The average Bonchev–Trinajstić information content (AvgIpc) is 2.42. The van der Waals surface area contributed by atoms with Crippen molar-refractivity contribution >= 4 is 0 Å². The Morgan fingerprint density at radius 2 is 1.81 bits per heavy atom. The summed E-state index contributed by atoms with van der Waals surface area (Å²) in [6, 6.07) is 4.58. The molecule has 0 aliphatic carbocycles. The molecule has 1 aromatic rings. The van der Waals surface area contributed by atoms with Crippen molar-refractivity contribution in [2.75, 3.05) is 7.11 Å². The van der Waals surface area contributed by atoms with Gasteiger partial charge in [0, 0.05) is 5.56 Å². The fourth-order valence-corrected chi connectivity index (χ4v) is 2.83. The molecular formula is C20H32O. The quantitative estimate of drug-likeness (QED) is 0.570. The van der Waals surface area contributed by atoms with Gasteiger partial charge in [-0.2, -0.15) is 0 Å². The van der Waals surface area contributed by atoms with Crippen LogP contribution in [0.25, 0.3) is 0 Å². The van der Waals surface area contributed by atoms with Gasteiger partial charge >= 0.3 is 0 Å². The minimum atomic E-state index is 0.101. The van der Waals surface area contributed by atoms with Crippen LogP contribution in [0.4, 0.5) is 0 Å². The van der Waals surface area contributed by atoms with Gasteiger partial charge in [0.05, 0.1) is 7.11 Å². The molecule has 0 radical (unpaired) electrons. The maximum absolute atomic E-state index is 5.82. The van der Waals surface area contributed by atoms with E-state index in [9.17, 15) is 0 Å². The molecule has 0 bridgehead atoms. The van der Waals surface area contributed by atoms with Gasteiger partial charge in [0.2, 0.25) is 0 Å². The normalized spacial score (nSPS) is 13.7. The summed E-state index contributed by atoms with van der Waals surface area (Å²) in [5, 5.41) is 0. The van der Waals surface area contributed by atoms with E-state index in [1.54, 1.807) is 7.11 Å². The zero-order valence-electron chi connectivity index (χ0n) is 14.9. The van der Waals surface area contributed by atoms with Gasteiger partial charge in [-0.05, 0) is 43.1 Å². The number of allylic oxidation sites excluding steroid dienone is 2. The van der Waals surface area contributed by atoms with Crippen LogP contribution in [0, 0.1) is 6.92 Å². The summed E-state index contributed by atoms with van der Waals surface area (Å²) in [5.41, 5.74) is 4.11. The molecule has 0 spiro atoms. The van der Waals surface area contributed by atoms with Gasteiger partial charge in [0.25, 0.3) is 0 Å². The molecule has 1 unspecified atom stereocenters. The molecule has 1 aromatic carbocycles. The second-order valence-corrected chi connectivity index (χ2v) is 6.91. The summed E-state index contributed by atoms with van der Waals surface area (Å²) < 4.78 is 5.82. The summed E-state index contributed by atoms with van der Waals surface area (Å²) >= 11 is 0. The lowest BCUT2D eigenvalue weighted by molar-refractivity contribution is 0.387. The summed E-state index contributed by atoms with van der Waals surface area (Å²) in [7, 11) is 1.80. The molecular weight excluding hydrogens is 256 g/mol. The predicted molar refractivity (Wildman–Crippen MR) is 93.5 cm³/mol. The number of benzene rings is 1. The van der Waals surface area contributed by atoms with Crippen LogP contribution in [0.1, 0.15) is 76.5 Å². The first-order valence-electron chi connectivity index (χ1n) is 8.19. The zero-order chi connectivity index (χ0) is 16.0. The molecule has 0 saturated heterocycles. The summed E-state index contributed by atoms with van der Waals surface area (Å²) in [5.74, 6) is 1.62. The molecule has 1 atom stereocenters. The lowest BCUT2D eigenvalue weighted by Gasteiger charge is -2.27. The minimum Gasteiger partial charge on any atom is -0.496 e. The smallest absolute Gasteiger partial charge is 0.126 e. The van der Waals surface area contributed by atoms with Gasteiger partial charge in [-0.3, -0.25) is 0 Å². The topological polar surface area (TPSA) is 9.23 Å². The van der Waals surface area contributed by atoms with E-state index in [1.807, 2.05) is 0 Å². The van der Waals surface area contributed by atoms with E-state index in [0.717, 1.165) is 25.0 Å². The molecule has 0 aliphatic heterocycles. The lowest BCUT2D eigenvalue weighted by atomic mass is 9.81. The fraction of sp³-hybridized carbons (Fsp3) is 0.600. The van der Waals surface area contributed by atoms with Crippen molar-refractivity contribution in [3.63, 3.8) is 0 Å². The molecule has 0 amide bonds. The molecule has 21 heavy (non-hydrogen) atoms. The summed E-state index contributed by atoms with van der Waals surface area (Å²) in [6.07, 6.45) is 7.90. The number of hydrogen-bond acceptors (Lipinski definition) is 1. The fourth-order valence-electron chi connectivity index (χ4n) is 2.83. The number of hydrogen-bond donors (Lipinski definition) is 0. The Labute approximate surface area is 131 Å². The van der Waals surface area contributed by atoms with Crippen LogP contribution < -0.4 is 4.74 Å². The Bertz CT molecular complexity index is 477. The van der Waals surface area contributed by atoms with Crippen LogP contribution in [0.3, 0.4) is 0 Å². The highest BCUT2D eigenvalue weighted by Crippen LogP contribution is 2.40. The maximum Gasteiger partial charge on any atom is 0.126 e. The Morgan fingerprint density at radius 3 is 2.29 bits per heavy atom. The van der Waals surface area contributed by atoms with Crippen LogP contribution in [-0.2, 0) is 5.41 Å². The van der Waals surface area contributed by atoms with Gasteiger partial charge < -0.3 is 4.74 Å². The minimum absolute atomic E-state index is 0.101. The highest BCUT2D eigenvalue weighted by molar-refractivity contribution is 5.49. The first kappa shape index (κ1) is 17.8. The molecule has 0 fully saturated rings. The van der Waals surface area contributed by atoms with Crippen molar-refractivity contribution in [2.45, 2.75) is 72.1 Å². The molecule has 0 aromatic heterocycles. The van der Waals surface area contributed by atoms with E-state index in [4.69, 9.17) is 4.74 Å². The third-order valence-corrected chi connectivity index (χ3v) is 4.03. The molecule has 0 aliphatic rings. The standard InChI is InChI=1S/C20H32O/c1-8-10-11-12-16(9-2)17-13-15(3)14-18(19(17)21-7)20(4,5)6/h10-11,13-14,16H,8-9,12H2,1-7H3/b11-10-. The average molecular weight is 288 g/mol. The molecule has 0 saturated carbocycles. The Hall–Kier alpha value is -1.24. The van der Waals surface area contributed by atoms with E-state index < -0.39 is 0 Å². The van der Waals surface area contributed by atoms with Gasteiger partial charge in [-0.15, -0.1) is 0 Å². The van der Waals surface area contributed by atoms with Crippen LogP contribution in [0.2, 0.25) is 0 Å². The molecule has 0 N–H and O–H groups in total. The molecule has 1 nitrogen and oxygen atoms in total. The highest BCUT2D eigenvalue weighted by atomic mass is 16.5. The number of aryl methyl sites for hydroxylation is 1. The Morgan fingerprint density at radius 1 is 1.14 bits per heavy atom. The summed E-state index contributed by atoms with van der Waals surface area (Å²) in [6.45, 7) is 13.4. The Kier molecular flexibility index (Phi) is 6.51.